The molecule has 1 unspecified atom stereocenters. The van der Waals surface area contributed by atoms with Gasteiger partial charge in [-0.25, -0.2) is 5.43 Å². The third-order valence-corrected chi connectivity index (χ3v) is 3.50. The predicted octanol–water partition coefficient (Wildman–Crippen LogP) is 0.161. The van der Waals surface area contributed by atoms with E-state index in [0.717, 1.165) is 12.8 Å². The van der Waals surface area contributed by atoms with E-state index >= 15 is 0 Å². The van der Waals surface area contributed by atoms with Crippen LogP contribution in [-0.4, -0.2) is 44.1 Å². The molecule has 0 bridgehead atoms. The average Bonchev–Trinajstić information content (AvgIpc) is 3.23. The van der Waals surface area contributed by atoms with Crippen LogP contribution >= 0.6 is 0 Å². The second-order valence-corrected chi connectivity index (χ2v) is 5.16. The first kappa shape index (κ1) is 15.3. The Morgan fingerprint density at radius 2 is 2.13 bits per heavy atom. The van der Waals surface area contributed by atoms with Crippen LogP contribution in [0.5, 0.6) is 11.5 Å². The number of nitrogens with zero attached hydrogens (tertiary/aromatic N) is 1. The van der Waals surface area contributed by atoms with Gasteiger partial charge in [-0.3, -0.25) is 9.59 Å². The van der Waals surface area contributed by atoms with Gasteiger partial charge in [-0.2, -0.15) is 5.10 Å². The summed E-state index contributed by atoms with van der Waals surface area (Å²) in [6.07, 6.45) is 3.29. The number of carbonyl (C=O) groups excluding carboxylic acids is 2. The maximum Gasteiger partial charge on any atom is 0.329 e. The van der Waals surface area contributed by atoms with Gasteiger partial charge in [-0.15, -0.1) is 0 Å². The SMILES string of the molecule is O=C(NCC1CCCO1)C(=O)N/N=C\c1ccc2c(c1)OCO2. The zero-order valence-corrected chi connectivity index (χ0v) is 12.4. The molecule has 2 heterocycles. The number of hydrogen-bond donors (Lipinski definition) is 2. The highest BCUT2D eigenvalue weighted by molar-refractivity contribution is 6.35. The summed E-state index contributed by atoms with van der Waals surface area (Å²) in [7, 11) is 0. The molecule has 1 fully saturated rings. The van der Waals surface area contributed by atoms with Gasteiger partial charge in [0.1, 0.15) is 0 Å². The highest BCUT2D eigenvalue weighted by Gasteiger charge is 2.19. The lowest BCUT2D eigenvalue weighted by Gasteiger charge is -2.09. The number of carbonyl (C=O) groups is 2. The van der Waals surface area contributed by atoms with Crippen molar-refractivity contribution in [3.63, 3.8) is 0 Å². The van der Waals surface area contributed by atoms with E-state index in [1.807, 2.05) is 0 Å². The minimum atomic E-state index is -0.819. The minimum absolute atomic E-state index is 0.0103. The fourth-order valence-corrected chi connectivity index (χ4v) is 2.30. The molecule has 8 heteroatoms. The van der Waals surface area contributed by atoms with E-state index < -0.39 is 11.8 Å². The third kappa shape index (κ3) is 3.98. The molecule has 1 aromatic rings. The second kappa shape index (κ2) is 7.10. The molecule has 3 rings (SSSR count). The van der Waals surface area contributed by atoms with Crippen molar-refractivity contribution >= 4 is 18.0 Å². The van der Waals surface area contributed by atoms with Crippen molar-refractivity contribution in [1.82, 2.24) is 10.7 Å². The summed E-state index contributed by atoms with van der Waals surface area (Å²) >= 11 is 0. The molecule has 1 saturated heterocycles. The number of hydrazone groups is 1. The molecule has 8 nitrogen and oxygen atoms in total. The van der Waals surface area contributed by atoms with E-state index in [4.69, 9.17) is 14.2 Å². The maximum absolute atomic E-state index is 11.6. The quantitative estimate of drug-likeness (QED) is 0.468. The summed E-state index contributed by atoms with van der Waals surface area (Å²) < 4.78 is 15.8. The number of fused-ring (bicyclic) bond motifs is 1. The molecule has 0 radical (unpaired) electrons. The summed E-state index contributed by atoms with van der Waals surface area (Å²) in [6, 6.07) is 5.25. The van der Waals surface area contributed by atoms with Crippen molar-refractivity contribution in [2.24, 2.45) is 5.10 Å². The van der Waals surface area contributed by atoms with Crippen LogP contribution in [0.3, 0.4) is 0 Å². The molecule has 23 heavy (non-hydrogen) atoms. The number of hydrogen-bond acceptors (Lipinski definition) is 6. The van der Waals surface area contributed by atoms with Gasteiger partial charge in [0.25, 0.3) is 0 Å². The summed E-state index contributed by atoms with van der Waals surface area (Å²) in [5.41, 5.74) is 2.90. The Balaban J connectivity index is 1.45. The average molecular weight is 319 g/mol. The summed E-state index contributed by atoms with van der Waals surface area (Å²) in [4.78, 5) is 23.2. The number of ether oxygens (including phenoxy) is 3. The summed E-state index contributed by atoms with van der Waals surface area (Å²) in [5, 5.41) is 6.28. The lowest BCUT2D eigenvalue weighted by molar-refractivity contribution is -0.139. The van der Waals surface area contributed by atoms with Gasteiger partial charge >= 0.3 is 11.8 Å². The number of amides is 2. The molecule has 1 atom stereocenters. The largest absolute Gasteiger partial charge is 0.454 e. The summed E-state index contributed by atoms with van der Waals surface area (Å²) in [6.45, 7) is 1.22. The highest BCUT2D eigenvalue weighted by Crippen LogP contribution is 2.31. The fraction of sp³-hybridized carbons (Fsp3) is 0.400. The van der Waals surface area contributed by atoms with Crippen molar-refractivity contribution in [1.29, 1.82) is 0 Å². The van der Waals surface area contributed by atoms with Gasteiger partial charge in [-0.05, 0) is 36.6 Å². The zero-order chi connectivity index (χ0) is 16.1. The van der Waals surface area contributed by atoms with Crippen LogP contribution in [0.1, 0.15) is 18.4 Å². The number of rotatable bonds is 4. The molecule has 2 amide bonds. The molecule has 2 N–H and O–H groups in total. The number of nitrogens with one attached hydrogen (secondary N) is 2. The molecule has 0 saturated carbocycles. The van der Waals surface area contributed by atoms with Crippen molar-refractivity contribution in [2.45, 2.75) is 18.9 Å². The van der Waals surface area contributed by atoms with Gasteiger partial charge in [-0.1, -0.05) is 0 Å². The van der Waals surface area contributed by atoms with Crippen molar-refractivity contribution in [3.8, 4) is 11.5 Å². The van der Waals surface area contributed by atoms with Crippen LogP contribution in [0.4, 0.5) is 0 Å². The van der Waals surface area contributed by atoms with E-state index in [2.05, 4.69) is 15.8 Å². The molecule has 2 aliphatic heterocycles. The standard InChI is InChI=1S/C15H17N3O5/c19-14(16-8-11-2-1-5-21-11)15(20)18-17-7-10-3-4-12-13(6-10)23-9-22-12/h3-4,6-7,11H,1-2,5,8-9H2,(H,16,19)(H,18,20)/b17-7-. The molecule has 0 spiro atoms. The molecule has 0 aliphatic carbocycles. The second-order valence-electron chi connectivity index (χ2n) is 5.16. The Labute approximate surface area is 132 Å². The molecule has 1 aromatic carbocycles. The zero-order valence-electron chi connectivity index (χ0n) is 12.4. The molecule has 122 valence electrons. The number of benzene rings is 1. The normalized spacial score (nSPS) is 19.0. The predicted molar refractivity (Wildman–Crippen MR) is 80.3 cm³/mol. The van der Waals surface area contributed by atoms with Crippen LogP contribution in [0.2, 0.25) is 0 Å². The van der Waals surface area contributed by atoms with Gasteiger partial charge in [0.15, 0.2) is 11.5 Å². The first-order valence-corrected chi connectivity index (χ1v) is 7.35. The Bertz CT molecular complexity index is 626. The van der Waals surface area contributed by atoms with Crippen LogP contribution in [0.15, 0.2) is 23.3 Å². The van der Waals surface area contributed by atoms with Gasteiger partial charge < -0.3 is 19.5 Å². The van der Waals surface area contributed by atoms with Crippen LogP contribution in [0, 0.1) is 0 Å². The van der Waals surface area contributed by atoms with E-state index in [1.165, 1.54) is 6.21 Å². The Morgan fingerprint density at radius 3 is 2.96 bits per heavy atom. The minimum Gasteiger partial charge on any atom is -0.454 e. The fourth-order valence-electron chi connectivity index (χ4n) is 2.30. The molecular weight excluding hydrogens is 302 g/mol. The highest BCUT2D eigenvalue weighted by atomic mass is 16.7. The Hall–Kier alpha value is -2.61. The molecular formula is C15H17N3O5. The first-order chi connectivity index (χ1) is 11.2. The van der Waals surface area contributed by atoms with Crippen LogP contribution in [-0.2, 0) is 14.3 Å². The van der Waals surface area contributed by atoms with Crippen LogP contribution in [0.25, 0.3) is 0 Å². The van der Waals surface area contributed by atoms with Gasteiger partial charge in [0, 0.05) is 13.2 Å². The Morgan fingerprint density at radius 1 is 1.26 bits per heavy atom. The first-order valence-electron chi connectivity index (χ1n) is 7.35. The molecule has 2 aliphatic rings. The van der Waals surface area contributed by atoms with E-state index in [0.29, 0.717) is 30.2 Å². The third-order valence-electron chi connectivity index (χ3n) is 3.50. The topological polar surface area (TPSA) is 98.2 Å². The lowest BCUT2D eigenvalue weighted by atomic mass is 10.2. The van der Waals surface area contributed by atoms with Crippen molar-refractivity contribution < 1.29 is 23.8 Å². The van der Waals surface area contributed by atoms with E-state index in [-0.39, 0.29) is 12.9 Å². The monoisotopic (exact) mass is 319 g/mol. The van der Waals surface area contributed by atoms with Crippen LogP contribution < -0.4 is 20.2 Å². The lowest BCUT2D eigenvalue weighted by Crippen LogP contribution is -2.41. The smallest absolute Gasteiger partial charge is 0.329 e. The van der Waals surface area contributed by atoms with Crippen molar-refractivity contribution in [2.75, 3.05) is 19.9 Å². The van der Waals surface area contributed by atoms with Gasteiger partial charge in [0.2, 0.25) is 6.79 Å². The van der Waals surface area contributed by atoms with Crippen molar-refractivity contribution in [3.05, 3.63) is 23.8 Å². The van der Waals surface area contributed by atoms with E-state index in [9.17, 15) is 9.59 Å². The Kier molecular flexibility index (Phi) is 4.72. The maximum atomic E-state index is 11.6. The van der Waals surface area contributed by atoms with E-state index in [1.54, 1.807) is 18.2 Å². The van der Waals surface area contributed by atoms with Gasteiger partial charge in [0.05, 0.1) is 12.3 Å². The molecule has 0 aromatic heterocycles. The summed E-state index contributed by atoms with van der Waals surface area (Å²) in [5.74, 6) is -0.266.